The van der Waals surface area contributed by atoms with Crippen molar-refractivity contribution in [3.63, 3.8) is 0 Å². The van der Waals surface area contributed by atoms with E-state index in [-0.39, 0.29) is 17.7 Å². The summed E-state index contributed by atoms with van der Waals surface area (Å²) in [5.74, 6) is -0.177. The number of rotatable bonds is 4. The van der Waals surface area contributed by atoms with E-state index in [9.17, 15) is 13.2 Å². The molecule has 5 nitrogen and oxygen atoms in total. The first-order valence-corrected chi connectivity index (χ1v) is 6.15. The molecule has 1 unspecified atom stereocenters. The molecule has 1 heterocycles. The predicted molar refractivity (Wildman–Crippen MR) is 53.1 cm³/mol. The standard InChI is InChI=1S/C8H14N2O3S/c9-4-1-2-8(11)10-7-3-5-14(12,13)6-7/h3,5,7H,1-2,4,6,9H2,(H,10,11). The molecular formula is C8H14N2O3S. The minimum absolute atomic E-state index is 0.0264. The largest absolute Gasteiger partial charge is 0.349 e. The molecule has 0 radical (unpaired) electrons. The highest BCUT2D eigenvalue weighted by atomic mass is 32.2. The van der Waals surface area contributed by atoms with E-state index in [1.54, 1.807) is 0 Å². The van der Waals surface area contributed by atoms with Crippen molar-refractivity contribution in [3.8, 4) is 0 Å². The summed E-state index contributed by atoms with van der Waals surface area (Å²) in [6.45, 7) is 0.465. The number of nitrogens with one attached hydrogen (secondary N) is 1. The van der Waals surface area contributed by atoms with Gasteiger partial charge in [0.2, 0.25) is 5.91 Å². The second-order valence-corrected chi connectivity index (χ2v) is 5.16. The molecule has 0 fully saturated rings. The van der Waals surface area contributed by atoms with Gasteiger partial charge in [0.15, 0.2) is 9.84 Å². The topological polar surface area (TPSA) is 89.3 Å². The Kier molecular flexibility index (Phi) is 3.65. The van der Waals surface area contributed by atoms with E-state index < -0.39 is 9.84 Å². The normalized spacial score (nSPS) is 23.6. The van der Waals surface area contributed by atoms with E-state index in [4.69, 9.17) is 5.73 Å². The molecule has 1 amide bonds. The lowest BCUT2D eigenvalue weighted by Crippen LogP contribution is -2.35. The Morgan fingerprint density at radius 3 is 2.79 bits per heavy atom. The molecule has 14 heavy (non-hydrogen) atoms. The molecule has 0 aliphatic carbocycles. The summed E-state index contributed by atoms with van der Waals surface area (Å²) >= 11 is 0. The lowest BCUT2D eigenvalue weighted by Gasteiger charge is -2.08. The van der Waals surface area contributed by atoms with E-state index in [1.165, 1.54) is 6.08 Å². The van der Waals surface area contributed by atoms with Gasteiger partial charge >= 0.3 is 0 Å². The van der Waals surface area contributed by atoms with Gasteiger partial charge in [-0.2, -0.15) is 0 Å². The van der Waals surface area contributed by atoms with Crippen molar-refractivity contribution in [2.24, 2.45) is 5.73 Å². The zero-order valence-electron chi connectivity index (χ0n) is 7.77. The molecule has 6 heteroatoms. The lowest BCUT2D eigenvalue weighted by molar-refractivity contribution is -0.121. The average Bonchev–Trinajstić information content (AvgIpc) is 2.42. The van der Waals surface area contributed by atoms with Crippen LogP contribution < -0.4 is 11.1 Å². The number of carbonyl (C=O) groups is 1. The van der Waals surface area contributed by atoms with Crippen molar-refractivity contribution < 1.29 is 13.2 Å². The number of sulfone groups is 1. The summed E-state index contributed by atoms with van der Waals surface area (Å²) in [4.78, 5) is 11.2. The zero-order chi connectivity index (χ0) is 10.6. The van der Waals surface area contributed by atoms with Crippen molar-refractivity contribution in [2.45, 2.75) is 18.9 Å². The van der Waals surface area contributed by atoms with Crippen LogP contribution in [-0.2, 0) is 14.6 Å². The van der Waals surface area contributed by atoms with E-state index in [2.05, 4.69) is 5.32 Å². The Labute approximate surface area is 83.3 Å². The van der Waals surface area contributed by atoms with E-state index in [0.29, 0.717) is 19.4 Å². The Hall–Kier alpha value is -0.880. The maximum atomic E-state index is 11.2. The first kappa shape index (κ1) is 11.2. The zero-order valence-corrected chi connectivity index (χ0v) is 8.59. The monoisotopic (exact) mass is 218 g/mol. The first-order valence-electron chi connectivity index (χ1n) is 4.44. The van der Waals surface area contributed by atoms with Crippen LogP contribution in [0.4, 0.5) is 0 Å². The van der Waals surface area contributed by atoms with Gasteiger partial charge < -0.3 is 11.1 Å². The minimum atomic E-state index is -3.08. The molecule has 80 valence electrons. The molecule has 3 N–H and O–H groups in total. The Morgan fingerprint density at radius 1 is 1.57 bits per heavy atom. The average molecular weight is 218 g/mol. The fraction of sp³-hybridized carbons (Fsp3) is 0.625. The molecule has 0 spiro atoms. The fourth-order valence-electron chi connectivity index (χ4n) is 1.21. The van der Waals surface area contributed by atoms with Gasteiger partial charge in [-0.25, -0.2) is 8.42 Å². The molecule has 0 aromatic carbocycles. The first-order chi connectivity index (χ1) is 6.53. The van der Waals surface area contributed by atoms with E-state index in [1.807, 2.05) is 0 Å². The molecule has 0 aromatic rings. The summed E-state index contributed by atoms with van der Waals surface area (Å²) in [6, 6.07) is -0.370. The van der Waals surface area contributed by atoms with Crippen LogP contribution in [-0.4, -0.2) is 32.7 Å². The van der Waals surface area contributed by atoms with Crippen LogP contribution >= 0.6 is 0 Å². The van der Waals surface area contributed by atoms with Crippen molar-refractivity contribution >= 4 is 15.7 Å². The van der Waals surface area contributed by atoms with Gasteiger partial charge in [0, 0.05) is 11.8 Å². The summed E-state index contributed by atoms with van der Waals surface area (Å²) in [7, 11) is -3.08. The van der Waals surface area contributed by atoms with Gasteiger partial charge in [-0.15, -0.1) is 0 Å². The number of hydrogen-bond donors (Lipinski definition) is 2. The van der Waals surface area contributed by atoms with E-state index >= 15 is 0 Å². The quantitative estimate of drug-likeness (QED) is 0.643. The number of carbonyl (C=O) groups excluding carboxylic acids is 1. The molecular weight excluding hydrogens is 204 g/mol. The van der Waals surface area contributed by atoms with Gasteiger partial charge in [0.05, 0.1) is 11.8 Å². The van der Waals surface area contributed by atoms with Gasteiger partial charge in [0.1, 0.15) is 0 Å². The molecule has 1 atom stereocenters. The van der Waals surface area contributed by atoms with Crippen molar-refractivity contribution in [1.29, 1.82) is 0 Å². The van der Waals surface area contributed by atoms with Crippen LogP contribution in [0.3, 0.4) is 0 Å². The highest BCUT2D eigenvalue weighted by Crippen LogP contribution is 2.07. The van der Waals surface area contributed by atoms with Crippen molar-refractivity contribution in [1.82, 2.24) is 5.32 Å². The van der Waals surface area contributed by atoms with Crippen LogP contribution in [0.5, 0.6) is 0 Å². The summed E-state index contributed by atoms with van der Waals surface area (Å²) in [5, 5.41) is 3.75. The Balaban J connectivity index is 2.34. The van der Waals surface area contributed by atoms with Crippen molar-refractivity contribution in [3.05, 3.63) is 11.5 Å². The highest BCUT2D eigenvalue weighted by molar-refractivity contribution is 7.94. The Morgan fingerprint density at radius 2 is 2.29 bits per heavy atom. The molecule has 1 aliphatic rings. The molecule has 0 saturated heterocycles. The Bertz CT molecular complexity index is 334. The SMILES string of the molecule is NCCCC(=O)NC1C=CS(=O)(=O)C1. The second kappa shape index (κ2) is 4.56. The maximum Gasteiger partial charge on any atom is 0.220 e. The summed E-state index contributed by atoms with van der Waals surface area (Å²) in [6.07, 6.45) is 2.46. The van der Waals surface area contributed by atoms with Gasteiger partial charge in [-0.3, -0.25) is 4.79 Å². The molecule has 0 saturated carbocycles. The molecule has 1 rings (SSSR count). The number of hydrogen-bond acceptors (Lipinski definition) is 4. The molecule has 0 bridgehead atoms. The highest BCUT2D eigenvalue weighted by Gasteiger charge is 2.22. The van der Waals surface area contributed by atoms with Gasteiger partial charge in [-0.05, 0) is 19.0 Å². The third-order valence-electron chi connectivity index (χ3n) is 1.88. The van der Waals surface area contributed by atoms with Crippen LogP contribution in [0.15, 0.2) is 11.5 Å². The van der Waals surface area contributed by atoms with Crippen LogP contribution in [0.1, 0.15) is 12.8 Å². The lowest BCUT2D eigenvalue weighted by atomic mass is 10.2. The predicted octanol–water partition coefficient (Wildman–Crippen LogP) is -0.848. The fourth-order valence-corrected chi connectivity index (χ4v) is 2.44. The summed E-state index contributed by atoms with van der Waals surface area (Å²) < 4.78 is 22.0. The molecule has 1 aliphatic heterocycles. The number of nitrogens with two attached hydrogens (primary N) is 1. The summed E-state index contributed by atoms with van der Waals surface area (Å²) in [5.41, 5.74) is 5.24. The van der Waals surface area contributed by atoms with E-state index in [0.717, 1.165) is 5.41 Å². The third-order valence-corrected chi connectivity index (χ3v) is 3.28. The van der Waals surface area contributed by atoms with Crippen LogP contribution in [0.25, 0.3) is 0 Å². The second-order valence-electron chi connectivity index (χ2n) is 3.22. The van der Waals surface area contributed by atoms with Gasteiger partial charge in [0.25, 0.3) is 0 Å². The van der Waals surface area contributed by atoms with Crippen LogP contribution in [0.2, 0.25) is 0 Å². The minimum Gasteiger partial charge on any atom is -0.349 e. The third kappa shape index (κ3) is 3.47. The number of amides is 1. The van der Waals surface area contributed by atoms with Crippen LogP contribution in [0, 0.1) is 0 Å². The smallest absolute Gasteiger partial charge is 0.220 e. The van der Waals surface area contributed by atoms with Gasteiger partial charge in [-0.1, -0.05) is 0 Å². The van der Waals surface area contributed by atoms with Crippen molar-refractivity contribution in [2.75, 3.05) is 12.3 Å². The maximum absolute atomic E-state index is 11.2. The molecule has 0 aromatic heterocycles.